The average molecular weight is 451 g/mol. The van der Waals surface area contributed by atoms with E-state index in [9.17, 15) is 4.79 Å². The van der Waals surface area contributed by atoms with E-state index in [0.717, 1.165) is 8.04 Å². The molecule has 0 atom stereocenters. The maximum Gasteiger partial charge on any atom is 0.256 e. The normalized spacial score (nSPS) is 10.3. The molecule has 3 nitrogen and oxygen atoms in total. The van der Waals surface area contributed by atoms with Crippen LogP contribution in [0.1, 0.15) is 10.4 Å². The number of amides is 1. The van der Waals surface area contributed by atoms with Crippen molar-refractivity contribution in [2.45, 2.75) is 0 Å². The van der Waals surface area contributed by atoms with Gasteiger partial charge in [-0.05, 0) is 74.9 Å². The van der Waals surface area contributed by atoms with Crippen molar-refractivity contribution in [3.8, 4) is 0 Å². The molecule has 2 rings (SSSR count). The van der Waals surface area contributed by atoms with Crippen molar-refractivity contribution in [3.05, 3.63) is 55.0 Å². The second kappa shape index (κ2) is 6.11. The second-order valence-corrected chi connectivity index (χ2v) is 6.32. The summed E-state index contributed by atoms with van der Waals surface area (Å²) in [5.74, 6) is -0.238. The van der Waals surface area contributed by atoms with Gasteiger partial charge in [0.15, 0.2) is 0 Å². The van der Waals surface area contributed by atoms with E-state index in [-0.39, 0.29) is 5.91 Å². The number of benzene rings is 2. The molecule has 1 amide bonds. The number of anilines is 2. The van der Waals surface area contributed by atoms with E-state index >= 15 is 0 Å². The molecular formula is C13H9BrClIN2O. The van der Waals surface area contributed by atoms with Gasteiger partial charge < -0.3 is 11.1 Å². The number of carbonyl (C=O) groups excluding carboxylic acids is 1. The molecule has 0 aliphatic rings. The zero-order valence-electron chi connectivity index (χ0n) is 9.58. The van der Waals surface area contributed by atoms with Crippen LogP contribution < -0.4 is 11.1 Å². The van der Waals surface area contributed by atoms with Crippen LogP contribution in [0.4, 0.5) is 11.4 Å². The van der Waals surface area contributed by atoms with Crippen LogP contribution in [0.15, 0.2) is 40.9 Å². The van der Waals surface area contributed by atoms with E-state index in [1.807, 2.05) is 12.1 Å². The van der Waals surface area contributed by atoms with E-state index < -0.39 is 0 Å². The first-order chi connectivity index (χ1) is 8.97. The molecule has 0 aromatic heterocycles. The first-order valence-corrected chi connectivity index (χ1v) is 7.54. The number of nitrogens with one attached hydrogen (secondary N) is 1. The van der Waals surface area contributed by atoms with Gasteiger partial charge in [-0.2, -0.15) is 0 Å². The van der Waals surface area contributed by atoms with Gasteiger partial charge in [-0.15, -0.1) is 0 Å². The summed E-state index contributed by atoms with van der Waals surface area (Å²) in [7, 11) is 0. The topological polar surface area (TPSA) is 55.1 Å². The Labute approximate surface area is 137 Å². The molecule has 2 aromatic carbocycles. The number of rotatable bonds is 2. The first-order valence-electron chi connectivity index (χ1n) is 5.29. The molecule has 98 valence electrons. The van der Waals surface area contributed by atoms with Crippen LogP contribution in [0.3, 0.4) is 0 Å². The van der Waals surface area contributed by atoms with Crippen molar-refractivity contribution in [2.75, 3.05) is 11.1 Å². The molecule has 2 aromatic rings. The number of hydrogen-bond donors (Lipinski definition) is 2. The summed E-state index contributed by atoms with van der Waals surface area (Å²) in [5, 5.41) is 3.20. The molecule has 6 heteroatoms. The highest BCUT2D eigenvalue weighted by Crippen LogP contribution is 2.26. The summed E-state index contributed by atoms with van der Waals surface area (Å²) < 4.78 is 1.70. The summed E-state index contributed by atoms with van der Waals surface area (Å²) in [4.78, 5) is 12.2. The third kappa shape index (κ3) is 3.61. The van der Waals surface area contributed by atoms with Crippen molar-refractivity contribution in [1.29, 1.82) is 0 Å². The van der Waals surface area contributed by atoms with E-state index in [4.69, 9.17) is 17.3 Å². The molecule has 0 aliphatic carbocycles. The fraction of sp³-hybridized carbons (Fsp3) is 0. The van der Waals surface area contributed by atoms with Crippen LogP contribution in [0.5, 0.6) is 0 Å². The van der Waals surface area contributed by atoms with Crippen LogP contribution in [0.25, 0.3) is 0 Å². The minimum Gasteiger partial charge on any atom is -0.399 e. The van der Waals surface area contributed by atoms with Crippen molar-refractivity contribution < 1.29 is 4.79 Å². The van der Waals surface area contributed by atoms with Crippen LogP contribution in [0.2, 0.25) is 5.02 Å². The predicted molar refractivity (Wildman–Crippen MR) is 90.7 cm³/mol. The van der Waals surface area contributed by atoms with E-state index in [1.54, 1.807) is 24.3 Å². The lowest BCUT2D eigenvalue weighted by molar-refractivity contribution is 0.102. The molecule has 0 saturated heterocycles. The van der Waals surface area contributed by atoms with Gasteiger partial charge in [0.1, 0.15) is 0 Å². The summed E-state index contributed by atoms with van der Waals surface area (Å²) in [5.41, 5.74) is 7.26. The molecule has 0 fully saturated rings. The Balaban J connectivity index is 2.30. The first kappa shape index (κ1) is 14.6. The molecule has 0 spiro atoms. The van der Waals surface area contributed by atoms with Gasteiger partial charge in [-0.1, -0.05) is 11.6 Å². The Kier molecular flexibility index (Phi) is 4.70. The number of halogens is 3. The lowest BCUT2D eigenvalue weighted by Gasteiger charge is -2.09. The Morgan fingerprint density at radius 3 is 2.74 bits per heavy atom. The molecule has 0 unspecified atom stereocenters. The third-order valence-electron chi connectivity index (χ3n) is 2.41. The van der Waals surface area contributed by atoms with Crippen molar-refractivity contribution >= 4 is 67.4 Å². The average Bonchev–Trinajstić information content (AvgIpc) is 2.36. The number of hydrogen-bond acceptors (Lipinski definition) is 2. The maximum atomic E-state index is 12.2. The quantitative estimate of drug-likeness (QED) is 0.520. The van der Waals surface area contributed by atoms with Gasteiger partial charge in [0, 0.05) is 13.7 Å². The molecular weight excluding hydrogens is 442 g/mol. The van der Waals surface area contributed by atoms with E-state index in [0.29, 0.717) is 22.0 Å². The van der Waals surface area contributed by atoms with Crippen molar-refractivity contribution in [2.24, 2.45) is 0 Å². The van der Waals surface area contributed by atoms with Gasteiger partial charge in [0.05, 0.1) is 16.3 Å². The lowest BCUT2D eigenvalue weighted by Crippen LogP contribution is -2.13. The van der Waals surface area contributed by atoms with E-state index in [1.165, 1.54) is 0 Å². The zero-order chi connectivity index (χ0) is 14.0. The van der Waals surface area contributed by atoms with Gasteiger partial charge >= 0.3 is 0 Å². The molecule has 19 heavy (non-hydrogen) atoms. The highest BCUT2D eigenvalue weighted by molar-refractivity contribution is 14.1. The van der Waals surface area contributed by atoms with Gasteiger partial charge in [0.25, 0.3) is 5.91 Å². The molecule has 0 saturated carbocycles. The third-order valence-corrected chi connectivity index (χ3v) is 4.10. The molecule has 0 aliphatic heterocycles. The lowest BCUT2D eigenvalue weighted by atomic mass is 10.2. The van der Waals surface area contributed by atoms with Crippen LogP contribution in [-0.4, -0.2) is 5.91 Å². The number of nitrogens with two attached hydrogens (primary N) is 1. The molecule has 3 N–H and O–H groups in total. The van der Waals surface area contributed by atoms with Crippen LogP contribution in [0, 0.1) is 3.57 Å². The smallest absolute Gasteiger partial charge is 0.256 e. The minimum absolute atomic E-state index is 0.238. The largest absolute Gasteiger partial charge is 0.399 e. The monoisotopic (exact) mass is 450 g/mol. The van der Waals surface area contributed by atoms with Gasteiger partial charge in [-0.3, -0.25) is 4.79 Å². The fourth-order valence-corrected chi connectivity index (χ4v) is 2.58. The Morgan fingerprint density at radius 2 is 2.00 bits per heavy atom. The Bertz CT molecular complexity index is 649. The predicted octanol–water partition coefficient (Wildman–Crippen LogP) is 4.54. The highest BCUT2D eigenvalue weighted by atomic mass is 127. The second-order valence-electron chi connectivity index (χ2n) is 3.82. The van der Waals surface area contributed by atoms with Crippen molar-refractivity contribution in [1.82, 2.24) is 0 Å². The summed E-state index contributed by atoms with van der Waals surface area (Å²) in [6, 6.07) is 10.5. The SMILES string of the molecule is Nc1ccc(Cl)c(NC(=O)c2cc(I)ccc2Br)c1. The standard InChI is InChI=1S/C13H9BrClIN2O/c14-10-3-1-7(16)5-9(10)13(19)18-12-6-8(17)2-4-11(12)15/h1-6H,17H2,(H,18,19). The Morgan fingerprint density at radius 1 is 1.26 bits per heavy atom. The van der Waals surface area contributed by atoms with Crippen molar-refractivity contribution in [3.63, 3.8) is 0 Å². The molecule has 0 radical (unpaired) electrons. The van der Waals surface area contributed by atoms with Gasteiger partial charge in [-0.25, -0.2) is 0 Å². The maximum absolute atomic E-state index is 12.2. The molecule has 0 heterocycles. The summed E-state index contributed by atoms with van der Waals surface area (Å²) >= 11 is 11.5. The fourth-order valence-electron chi connectivity index (χ4n) is 1.50. The summed E-state index contributed by atoms with van der Waals surface area (Å²) in [6.07, 6.45) is 0. The van der Waals surface area contributed by atoms with Crippen LogP contribution in [-0.2, 0) is 0 Å². The Hall–Kier alpha value is -0.790. The van der Waals surface area contributed by atoms with Gasteiger partial charge in [0.2, 0.25) is 0 Å². The summed E-state index contributed by atoms with van der Waals surface area (Å²) in [6.45, 7) is 0. The highest BCUT2D eigenvalue weighted by Gasteiger charge is 2.12. The van der Waals surface area contributed by atoms with E-state index in [2.05, 4.69) is 43.8 Å². The zero-order valence-corrected chi connectivity index (χ0v) is 14.1. The molecule has 0 bridgehead atoms. The number of carbonyl (C=O) groups is 1. The minimum atomic E-state index is -0.238. The van der Waals surface area contributed by atoms with Crippen LogP contribution >= 0.6 is 50.1 Å². The number of nitrogen functional groups attached to an aromatic ring is 1.